The van der Waals surface area contributed by atoms with Crippen molar-refractivity contribution in [1.82, 2.24) is 0 Å². The molecule has 0 aliphatic carbocycles. The highest BCUT2D eigenvalue weighted by Gasteiger charge is 2.21. The van der Waals surface area contributed by atoms with Crippen LogP contribution in [0.25, 0.3) is 0 Å². The van der Waals surface area contributed by atoms with Gasteiger partial charge < -0.3 is 13.7 Å². The van der Waals surface area contributed by atoms with Gasteiger partial charge >= 0.3 is 0 Å². The maximum absolute atomic E-state index is 10.7. The van der Waals surface area contributed by atoms with Gasteiger partial charge in [0, 0.05) is 0 Å². The number of hydrogen-bond acceptors (Lipinski definition) is 5. The van der Waals surface area contributed by atoms with Crippen LogP contribution < -0.4 is 0 Å². The molecular formula is C7H10O6S2. The van der Waals surface area contributed by atoms with Crippen LogP contribution in [0.3, 0.4) is 0 Å². The van der Waals surface area contributed by atoms with Crippen LogP contribution in [0, 0.1) is 6.92 Å². The Morgan fingerprint density at radius 1 is 1.07 bits per heavy atom. The normalized spacial score (nSPS) is 13.9. The molecule has 15 heavy (non-hydrogen) atoms. The molecule has 0 aliphatic rings. The van der Waals surface area contributed by atoms with Crippen LogP contribution in [0.2, 0.25) is 0 Å². The first-order valence-electron chi connectivity index (χ1n) is 3.71. The van der Waals surface area contributed by atoms with Crippen molar-refractivity contribution in [1.29, 1.82) is 0 Å². The molecule has 0 atom stereocenters. The van der Waals surface area contributed by atoms with E-state index in [-0.39, 0.29) is 4.90 Å². The van der Waals surface area contributed by atoms with E-state index in [4.69, 9.17) is 18.2 Å². The van der Waals surface area contributed by atoms with E-state index >= 15 is 0 Å². The van der Waals surface area contributed by atoms with E-state index in [1.807, 2.05) is 0 Å². The van der Waals surface area contributed by atoms with Gasteiger partial charge in [-0.15, -0.1) is 0 Å². The van der Waals surface area contributed by atoms with Crippen LogP contribution in [0.1, 0.15) is 5.56 Å². The van der Waals surface area contributed by atoms with Crippen molar-refractivity contribution in [2.24, 2.45) is 0 Å². The molecular weight excluding hydrogens is 244 g/mol. The molecule has 0 saturated heterocycles. The molecule has 0 aliphatic heterocycles. The molecule has 0 bridgehead atoms. The molecule has 8 heteroatoms. The molecule has 0 aromatic heterocycles. The Hall–Kier alpha value is -0.640. The molecule has 0 heterocycles. The average Bonchev–Trinajstić information content (AvgIpc) is 2.00. The molecule has 0 spiro atoms. The number of rotatable bonds is 2. The number of benzene rings is 1. The molecule has 0 unspecified atom stereocenters. The van der Waals surface area contributed by atoms with Gasteiger partial charge in [0.25, 0.3) is 10.1 Å². The summed E-state index contributed by atoms with van der Waals surface area (Å²) in [5.74, 6) is 0. The van der Waals surface area contributed by atoms with E-state index in [9.17, 15) is 8.42 Å². The molecule has 1 aromatic rings. The largest absolute Gasteiger partial charge is 0.304 e. The minimum Gasteiger partial charge on any atom is -0.304 e. The van der Waals surface area contributed by atoms with E-state index in [0.717, 1.165) is 12.1 Å². The van der Waals surface area contributed by atoms with Crippen molar-refractivity contribution >= 4 is 21.0 Å². The van der Waals surface area contributed by atoms with E-state index in [1.54, 1.807) is 0 Å². The second-order valence-electron chi connectivity index (χ2n) is 2.92. The predicted octanol–water partition coefficient (Wildman–Crippen LogP) is 1.82. The summed E-state index contributed by atoms with van der Waals surface area (Å²) in [7, 11) is -8.41. The summed E-state index contributed by atoms with van der Waals surface area (Å²) in [5, 5.41) is 0. The lowest BCUT2D eigenvalue weighted by Crippen LogP contribution is -2.03. The highest BCUT2D eigenvalue weighted by atomic mass is 32.3. The second-order valence-corrected chi connectivity index (χ2v) is 5.82. The van der Waals surface area contributed by atoms with Gasteiger partial charge in [0.1, 0.15) is 10.9 Å². The van der Waals surface area contributed by atoms with Crippen molar-refractivity contribution < 1.29 is 26.6 Å². The van der Waals surface area contributed by atoms with Crippen LogP contribution in [0.4, 0.5) is 0 Å². The zero-order valence-electron chi connectivity index (χ0n) is 7.65. The quantitative estimate of drug-likeness (QED) is 0.598. The van der Waals surface area contributed by atoms with Gasteiger partial charge in [-0.3, -0.25) is 4.55 Å². The van der Waals surface area contributed by atoms with Gasteiger partial charge in [-0.2, -0.15) is 8.42 Å². The van der Waals surface area contributed by atoms with Gasteiger partial charge in [-0.05, 0) is 24.6 Å². The standard InChI is InChI=1S/C7H10O6S2/c1-5-2-3-6(14(8,9)10)4-7(5)15(11,12)13/h2-4,11-13H,1H3,(H,8,9,10). The molecule has 0 radical (unpaired) electrons. The fourth-order valence-corrected chi connectivity index (χ4v) is 2.40. The molecule has 1 rings (SSSR count). The summed E-state index contributed by atoms with van der Waals surface area (Å²) < 4.78 is 57.1. The van der Waals surface area contributed by atoms with E-state index in [0.29, 0.717) is 5.56 Å². The van der Waals surface area contributed by atoms with Crippen molar-refractivity contribution in [3.8, 4) is 0 Å². The smallest absolute Gasteiger partial charge is 0.294 e. The SMILES string of the molecule is Cc1ccc(S(=O)(=O)O)cc1S(O)(O)O. The lowest BCUT2D eigenvalue weighted by molar-refractivity contribution is 0.375. The maximum atomic E-state index is 10.7. The predicted molar refractivity (Wildman–Crippen MR) is 54.7 cm³/mol. The Balaban J connectivity index is 3.43. The maximum Gasteiger partial charge on any atom is 0.294 e. The molecule has 4 N–H and O–H groups in total. The lowest BCUT2D eigenvalue weighted by Gasteiger charge is -2.21. The lowest BCUT2D eigenvalue weighted by atomic mass is 10.2. The summed E-state index contributed by atoms with van der Waals surface area (Å²) in [5.41, 5.74) is 0.310. The molecule has 6 nitrogen and oxygen atoms in total. The summed E-state index contributed by atoms with van der Waals surface area (Å²) >= 11 is 0. The Labute approximate surface area is 88.5 Å². The number of hydrogen-bond donors (Lipinski definition) is 4. The van der Waals surface area contributed by atoms with Gasteiger partial charge in [-0.25, -0.2) is 0 Å². The van der Waals surface area contributed by atoms with E-state index < -0.39 is 25.9 Å². The second kappa shape index (κ2) is 3.74. The highest BCUT2D eigenvalue weighted by Crippen LogP contribution is 2.45. The molecule has 1 aromatic carbocycles. The Bertz CT molecular complexity index is 473. The number of aryl methyl sites for hydroxylation is 1. The molecule has 0 fully saturated rings. The van der Waals surface area contributed by atoms with E-state index in [1.165, 1.54) is 13.0 Å². The third-order valence-corrected chi connectivity index (χ3v) is 3.63. The Kier molecular flexibility index (Phi) is 3.10. The average molecular weight is 254 g/mol. The first-order valence-corrected chi connectivity index (χ1v) is 6.65. The van der Waals surface area contributed by atoms with Crippen LogP contribution in [-0.4, -0.2) is 26.6 Å². The molecule has 0 saturated carbocycles. The molecule has 86 valence electrons. The monoisotopic (exact) mass is 254 g/mol. The van der Waals surface area contributed by atoms with Crippen molar-refractivity contribution in [3.05, 3.63) is 23.8 Å². The van der Waals surface area contributed by atoms with Crippen LogP contribution >= 0.6 is 10.9 Å². The van der Waals surface area contributed by atoms with Crippen molar-refractivity contribution in [2.75, 3.05) is 0 Å². The third kappa shape index (κ3) is 2.91. The fourth-order valence-electron chi connectivity index (χ4n) is 1.04. The summed E-state index contributed by atoms with van der Waals surface area (Å²) in [4.78, 5) is -0.824. The Morgan fingerprint density at radius 2 is 1.60 bits per heavy atom. The Morgan fingerprint density at radius 3 is 2.00 bits per heavy atom. The summed E-state index contributed by atoms with van der Waals surface area (Å²) in [6.07, 6.45) is 0. The first-order chi connectivity index (χ1) is 6.62. The summed E-state index contributed by atoms with van der Waals surface area (Å²) in [6, 6.07) is 3.17. The topological polar surface area (TPSA) is 115 Å². The van der Waals surface area contributed by atoms with Gasteiger partial charge in [0.2, 0.25) is 0 Å². The van der Waals surface area contributed by atoms with Gasteiger partial charge in [0.05, 0.1) is 9.79 Å². The minimum absolute atomic E-state index is 0.310. The van der Waals surface area contributed by atoms with Crippen LogP contribution in [-0.2, 0) is 10.1 Å². The minimum atomic E-state index is -4.42. The van der Waals surface area contributed by atoms with Crippen molar-refractivity contribution in [2.45, 2.75) is 16.7 Å². The fraction of sp³-hybridized carbons (Fsp3) is 0.143. The van der Waals surface area contributed by atoms with Crippen LogP contribution in [0.15, 0.2) is 28.0 Å². The highest BCUT2D eigenvalue weighted by molar-refractivity contribution is 8.19. The first kappa shape index (κ1) is 12.4. The molecule has 0 amide bonds. The zero-order chi connectivity index (χ0) is 11.9. The zero-order valence-corrected chi connectivity index (χ0v) is 9.29. The third-order valence-electron chi connectivity index (χ3n) is 1.75. The van der Waals surface area contributed by atoms with E-state index in [2.05, 4.69) is 0 Å². The van der Waals surface area contributed by atoms with Crippen molar-refractivity contribution in [3.63, 3.8) is 0 Å². The summed E-state index contributed by atoms with van der Waals surface area (Å²) in [6.45, 7) is 1.47. The van der Waals surface area contributed by atoms with Gasteiger partial charge in [-0.1, -0.05) is 6.07 Å². The van der Waals surface area contributed by atoms with Gasteiger partial charge in [0.15, 0.2) is 0 Å². The van der Waals surface area contributed by atoms with Crippen LogP contribution in [0.5, 0.6) is 0 Å².